The van der Waals surface area contributed by atoms with Gasteiger partial charge < -0.3 is 9.42 Å². The highest BCUT2D eigenvalue weighted by atomic mass is 16.5. The molecule has 222 valence electrons. The lowest BCUT2D eigenvalue weighted by molar-refractivity contribution is -0.121. The maximum absolute atomic E-state index is 12.7. The van der Waals surface area contributed by atoms with Crippen molar-refractivity contribution in [1.82, 2.24) is 5.16 Å². The van der Waals surface area contributed by atoms with E-state index in [9.17, 15) is 9.59 Å². The molecule has 43 heavy (non-hydrogen) atoms. The van der Waals surface area contributed by atoms with Gasteiger partial charge in [0.25, 0.3) is 0 Å². The van der Waals surface area contributed by atoms with Crippen molar-refractivity contribution < 1.29 is 14.1 Å². The zero-order chi connectivity index (χ0) is 29.9. The molecule has 4 aliphatic rings. The van der Waals surface area contributed by atoms with Crippen LogP contribution < -0.4 is 4.90 Å². The van der Waals surface area contributed by atoms with Crippen molar-refractivity contribution in [3.8, 4) is 0 Å². The zero-order valence-corrected chi connectivity index (χ0v) is 25.8. The summed E-state index contributed by atoms with van der Waals surface area (Å²) in [5, 5.41) is 4.09. The van der Waals surface area contributed by atoms with Gasteiger partial charge in [0.15, 0.2) is 0 Å². The minimum atomic E-state index is -0.125. The number of hydrogen-bond donors (Lipinski definition) is 0. The van der Waals surface area contributed by atoms with Crippen molar-refractivity contribution in [3.63, 3.8) is 0 Å². The molecular weight excluding hydrogens is 534 g/mol. The predicted octanol–water partition coefficient (Wildman–Crippen LogP) is 7.05. The molecule has 0 bridgehead atoms. The van der Waals surface area contributed by atoms with Gasteiger partial charge >= 0.3 is 0 Å². The predicted molar refractivity (Wildman–Crippen MR) is 170 cm³/mol. The number of carbonyl (C=O) groups excluding carboxylic acids is 2. The highest BCUT2D eigenvalue weighted by molar-refractivity contribution is 6.06. The molecule has 2 heterocycles. The van der Waals surface area contributed by atoms with Crippen molar-refractivity contribution >= 4 is 28.7 Å². The van der Waals surface area contributed by atoms with E-state index in [1.807, 2.05) is 18.2 Å². The molecule has 0 amide bonds. The van der Waals surface area contributed by atoms with Crippen LogP contribution >= 0.6 is 0 Å². The summed E-state index contributed by atoms with van der Waals surface area (Å²) in [6, 6.07) is 17.0. The maximum atomic E-state index is 12.7. The fraction of sp³-hybridized carbons (Fsp3) is 0.459. The summed E-state index contributed by atoms with van der Waals surface area (Å²) in [5.41, 5.74) is 9.00. The number of benzene rings is 2. The van der Waals surface area contributed by atoms with Gasteiger partial charge in [-0.15, -0.1) is 0 Å². The molecule has 1 aliphatic heterocycles. The van der Waals surface area contributed by atoms with Crippen molar-refractivity contribution in [2.24, 2.45) is 16.3 Å². The molecule has 7 rings (SSSR count). The highest BCUT2D eigenvalue weighted by Crippen LogP contribution is 2.52. The van der Waals surface area contributed by atoms with Crippen molar-refractivity contribution in [1.29, 1.82) is 0 Å². The van der Waals surface area contributed by atoms with E-state index < -0.39 is 0 Å². The average Bonchev–Trinajstić information content (AvgIpc) is 3.81. The first-order chi connectivity index (χ1) is 20.5. The number of ketones is 2. The van der Waals surface area contributed by atoms with Crippen molar-refractivity contribution in [3.05, 3.63) is 88.3 Å². The van der Waals surface area contributed by atoms with E-state index in [1.165, 1.54) is 35.4 Å². The summed E-state index contributed by atoms with van der Waals surface area (Å²) in [7, 11) is 2.17. The van der Waals surface area contributed by atoms with Crippen LogP contribution in [0.25, 0.3) is 5.70 Å². The third-order valence-electron chi connectivity index (χ3n) is 9.66. The lowest BCUT2D eigenvalue weighted by atomic mass is 9.93. The number of hydrogen-bond acceptors (Lipinski definition) is 6. The van der Waals surface area contributed by atoms with Crippen LogP contribution in [-0.2, 0) is 34.3 Å². The monoisotopic (exact) mass is 575 g/mol. The SMILES string of the molecule is CN(CC1(CC(=O)C2CC2)CC1)c1ccc2c(c1)CC1=NC(c3ccc(CC(=O)Cc4cc(C(C)(C)C)on4)cc3)=CC12. The number of anilines is 1. The number of fused-ring (bicyclic) bond motifs is 3. The Kier molecular flexibility index (Phi) is 6.79. The topological polar surface area (TPSA) is 75.8 Å². The van der Waals surface area contributed by atoms with Gasteiger partial charge in [-0.05, 0) is 71.6 Å². The number of carbonyl (C=O) groups is 2. The van der Waals surface area contributed by atoms with Gasteiger partial charge in [-0.1, -0.05) is 56.3 Å². The Balaban J connectivity index is 0.968. The number of Topliss-reactive ketones (excluding diaryl/α,β-unsaturated/α-hetero) is 2. The van der Waals surface area contributed by atoms with Crippen LogP contribution in [0, 0.1) is 11.3 Å². The summed E-state index contributed by atoms with van der Waals surface area (Å²) < 4.78 is 5.43. The molecule has 0 N–H and O–H groups in total. The second-order valence-corrected chi connectivity index (χ2v) is 14.5. The van der Waals surface area contributed by atoms with Crippen molar-refractivity contribution in [2.75, 3.05) is 18.5 Å². The first kappa shape index (κ1) is 28.0. The van der Waals surface area contributed by atoms with Crippen LogP contribution in [0.3, 0.4) is 0 Å². The Bertz CT molecular complexity index is 1640. The van der Waals surface area contributed by atoms with Gasteiger partial charge in [0.05, 0.1) is 17.8 Å². The molecular formula is C37H41N3O3. The van der Waals surface area contributed by atoms with Crippen LogP contribution in [0.4, 0.5) is 5.69 Å². The first-order valence-electron chi connectivity index (χ1n) is 15.8. The second-order valence-electron chi connectivity index (χ2n) is 14.5. The first-order valence-corrected chi connectivity index (χ1v) is 15.8. The van der Waals surface area contributed by atoms with Gasteiger partial charge in [-0.25, -0.2) is 0 Å². The molecule has 1 aromatic heterocycles. The average molecular weight is 576 g/mol. The summed E-state index contributed by atoms with van der Waals surface area (Å²) in [5.74, 6) is 2.01. The molecule has 6 heteroatoms. The smallest absolute Gasteiger partial charge is 0.143 e. The summed E-state index contributed by atoms with van der Waals surface area (Å²) in [6.45, 7) is 7.16. The molecule has 3 aromatic rings. The minimum Gasteiger partial charge on any atom is -0.374 e. The molecule has 0 saturated heterocycles. The highest BCUT2D eigenvalue weighted by Gasteiger charge is 2.47. The van der Waals surface area contributed by atoms with E-state index in [2.05, 4.69) is 74.3 Å². The Morgan fingerprint density at radius 2 is 1.79 bits per heavy atom. The number of aromatic nitrogens is 1. The Labute approximate surface area is 254 Å². The van der Waals surface area contributed by atoms with Crippen LogP contribution in [0.5, 0.6) is 0 Å². The largest absolute Gasteiger partial charge is 0.374 e. The van der Waals surface area contributed by atoms with E-state index in [4.69, 9.17) is 9.52 Å². The molecule has 2 saturated carbocycles. The fourth-order valence-corrected chi connectivity index (χ4v) is 6.69. The van der Waals surface area contributed by atoms with E-state index in [0.29, 0.717) is 23.8 Å². The molecule has 1 unspecified atom stereocenters. The zero-order valence-electron chi connectivity index (χ0n) is 25.8. The van der Waals surface area contributed by atoms with Crippen molar-refractivity contribution in [2.45, 2.75) is 83.5 Å². The lowest BCUT2D eigenvalue weighted by Gasteiger charge is -2.26. The third-order valence-corrected chi connectivity index (χ3v) is 9.66. The summed E-state index contributed by atoms with van der Waals surface area (Å²) in [4.78, 5) is 32.6. The Morgan fingerprint density at radius 3 is 2.47 bits per heavy atom. The van der Waals surface area contributed by atoms with E-state index in [1.54, 1.807) is 0 Å². The van der Waals surface area contributed by atoms with Gasteiger partial charge in [0.2, 0.25) is 0 Å². The molecule has 6 nitrogen and oxygen atoms in total. The molecule has 2 aromatic carbocycles. The number of nitrogens with zero attached hydrogens (tertiary/aromatic N) is 3. The quantitative estimate of drug-likeness (QED) is 0.245. The fourth-order valence-electron chi connectivity index (χ4n) is 6.69. The molecule has 3 aliphatic carbocycles. The number of rotatable bonds is 11. The standard InChI is InChI=1S/C37H41N3O3/c1-36(2,3)35-19-27(39-43-35)18-29(41)15-23-5-7-24(8-6-23)32-20-31-30-12-11-28(16-26(30)17-33(31)38-32)40(4)22-37(13-14-37)21-34(42)25-9-10-25/h5-8,11-12,16,19-20,25,31H,9-10,13-15,17-18,21-22H2,1-4H3. The third kappa shape index (κ3) is 5.89. The van der Waals surface area contributed by atoms with Crippen LogP contribution in [-0.4, -0.2) is 36.0 Å². The molecule has 0 spiro atoms. The number of allylic oxidation sites excluding steroid dienone is 1. The van der Waals surface area contributed by atoms with E-state index in [-0.39, 0.29) is 29.0 Å². The van der Waals surface area contributed by atoms with Gasteiger partial charge in [-0.3, -0.25) is 14.6 Å². The van der Waals surface area contributed by atoms with Gasteiger partial charge in [-0.2, -0.15) is 0 Å². The second kappa shape index (κ2) is 10.4. The lowest BCUT2D eigenvalue weighted by Crippen LogP contribution is -2.28. The van der Waals surface area contributed by atoms with E-state index >= 15 is 0 Å². The van der Waals surface area contributed by atoms with Gasteiger partial charge in [0, 0.05) is 67.6 Å². The van der Waals surface area contributed by atoms with Gasteiger partial charge in [0.1, 0.15) is 17.3 Å². The van der Waals surface area contributed by atoms with Crippen LogP contribution in [0.1, 0.15) is 92.5 Å². The van der Waals surface area contributed by atoms with E-state index in [0.717, 1.165) is 54.8 Å². The Hall–Kier alpha value is -3.80. The molecule has 0 radical (unpaired) electrons. The van der Waals surface area contributed by atoms with Crippen LogP contribution in [0.15, 0.2) is 64.1 Å². The molecule has 1 atom stereocenters. The Morgan fingerprint density at radius 1 is 1.02 bits per heavy atom. The molecule has 2 fully saturated rings. The minimum absolute atomic E-state index is 0.122. The number of aliphatic imine (C=N–C) groups is 1. The van der Waals surface area contributed by atoms with Crippen LogP contribution in [0.2, 0.25) is 0 Å². The maximum Gasteiger partial charge on any atom is 0.143 e. The summed E-state index contributed by atoms with van der Waals surface area (Å²) in [6.07, 6.45) is 9.12. The normalized spacial score (nSPS) is 19.9. The summed E-state index contributed by atoms with van der Waals surface area (Å²) >= 11 is 0.